The lowest BCUT2D eigenvalue weighted by atomic mass is 9.95. The van der Waals surface area contributed by atoms with Crippen molar-refractivity contribution in [2.45, 2.75) is 12.1 Å². The van der Waals surface area contributed by atoms with E-state index in [1.807, 2.05) is 24.3 Å². The number of aromatic nitrogens is 1. The molecule has 3 nitrogen and oxygen atoms in total. The summed E-state index contributed by atoms with van der Waals surface area (Å²) < 4.78 is 13.6. The Morgan fingerprint density at radius 1 is 1.00 bits per heavy atom. The molecule has 1 heterocycles. The summed E-state index contributed by atoms with van der Waals surface area (Å²) in [6.07, 6.45) is 2.54. The van der Waals surface area contributed by atoms with E-state index in [4.69, 9.17) is 17.3 Å². The number of hydrogen-bond donors (Lipinski definition) is 2. The molecular formula is C19H16ClFN2O. The molecule has 3 N–H and O–H groups in total. The summed E-state index contributed by atoms with van der Waals surface area (Å²) in [5.74, 6) is -0.552. The minimum atomic E-state index is -0.950. The van der Waals surface area contributed by atoms with Crippen molar-refractivity contribution in [3.05, 3.63) is 89.0 Å². The third kappa shape index (κ3) is 3.46. The summed E-state index contributed by atoms with van der Waals surface area (Å²) in [5, 5.41) is 10.5. The van der Waals surface area contributed by atoms with Gasteiger partial charge >= 0.3 is 0 Å². The van der Waals surface area contributed by atoms with Gasteiger partial charge in [-0.3, -0.25) is 4.98 Å². The van der Waals surface area contributed by atoms with Crippen molar-refractivity contribution in [1.29, 1.82) is 0 Å². The maximum absolute atomic E-state index is 13.6. The van der Waals surface area contributed by atoms with Crippen molar-refractivity contribution in [1.82, 2.24) is 4.98 Å². The number of pyridine rings is 1. The number of aliphatic hydroxyl groups is 1. The van der Waals surface area contributed by atoms with Crippen LogP contribution in [0.15, 0.2) is 67.0 Å². The van der Waals surface area contributed by atoms with Crippen LogP contribution in [-0.2, 0) is 0 Å². The van der Waals surface area contributed by atoms with Gasteiger partial charge in [0.25, 0.3) is 0 Å². The molecule has 0 unspecified atom stereocenters. The smallest absolute Gasteiger partial charge is 0.142 e. The van der Waals surface area contributed by atoms with E-state index >= 15 is 0 Å². The standard InChI is InChI=1S/C19H16ClFN2O/c20-16-8-7-14(10-17(16)21)18(22)19(24)13-5-3-12(4-6-13)15-2-1-9-23-11-15/h1-11,18-19,24H,22H2/t18-,19+/m0/s1. The summed E-state index contributed by atoms with van der Waals surface area (Å²) >= 11 is 5.67. The molecular weight excluding hydrogens is 327 g/mol. The van der Waals surface area contributed by atoms with Crippen molar-refractivity contribution in [2.24, 2.45) is 5.73 Å². The summed E-state index contributed by atoms with van der Waals surface area (Å²) in [5.41, 5.74) is 9.19. The van der Waals surface area contributed by atoms with Gasteiger partial charge in [0.1, 0.15) is 5.82 Å². The molecule has 2 atom stereocenters. The molecule has 0 saturated carbocycles. The van der Waals surface area contributed by atoms with Crippen LogP contribution in [0.1, 0.15) is 23.3 Å². The fourth-order valence-corrected chi connectivity index (χ4v) is 2.63. The SMILES string of the molecule is N[C@@H](c1ccc(Cl)c(F)c1)[C@H](O)c1ccc(-c2cccnc2)cc1. The summed E-state index contributed by atoms with van der Waals surface area (Å²) in [7, 11) is 0. The van der Waals surface area contributed by atoms with E-state index < -0.39 is 18.0 Å². The van der Waals surface area contributed by atoms with E-state index in [-0.39, 0.29) is 5.02 Å². The van der Waals surface area contributed by atoms with Gasteiger partial charge in [-0.05, 0) is 40.5 Å². The molecule has 0 bridgehead atoms. The summed E-state index contributed by atoms with van der Waals surface area (Å²) in [6.45, 7) is 0. The number of rotatable bonds is 4. The van der Waals surface area contributed by atoms with Crippen molar-refractivity contribution in [3.8, 4) is 11.1 Å². The fourth-order valence-electron chi connectivity index (χ4n) is 2.52. The second-order valence-electron chi connectivity index (χ2n) is 5.51. The highest BCUT2D eigenvalue weighted by Crippen LogP contribution is 2.30. The normalized spacial score (nSPS) is 13.5. The number of benzene rings is 2. The van der Waals surface area contributed by atoms with Crippen molar-refractivity contribution < 1.29 is 9.50 Å². The first-order chi connectivity index (χ1) is 11.6. The molecule has 0 aliphatic rings. The molecule has 0 radical (unpaired) electrons. The third-order valence-corrected chi connectivity index (χ3v) is 4.22. The average Bonchev–Trinajstić information content (AvgIpc) is 2.63. The van der Waals surface area contributed by atoms with Crippen LogP contribution in [0.4, 0.5) is 4.39 Å². The molecule has 2 aromatic carbocycles. The molecule has 3 aromatic rings. The molecule has 0 amide bonds. The minimum absolute atomic E-state index is 0.0289. The Bertz CT molecular complexity index is 825. The van der Waals surface area contributed by atoms with Gasteiger partial charge in [0.15, 0.2) is 0 Å². The Kier molecular flexibility index (Phi) is 4.90. The Morgan fingerprint density at radius 2 is 1.71 bits per heavy atom. The number of aliphatic hydroxyl groups excluding tert-OH is 1. The van der Waals surface area contributed by atoms with Crippen LogP contribution in [0.25, 0.3) is 11.1 Å². The minimum Gasteiger partial charge on any atom is -0.386 e. The number of hydrogen-bond acceptors (Lipinski definition) is 3. The molecule has 5 heteroatoms. The van der Waals surface area contributed by atoms with E-state index in [9.17, 15) is 9.50 Å². The highest BCUT2D eigenvalue weighted by molar-refractivity contribution is 6.30. The fraction of sp³-hybridized carbons (Fsp3) is 0.105. The van der Waals surface area contributed by atoms with Crippen LogP contribution in [-0.4, -0.2) is 10.1 Å². The maximum atomic E-state index is 13.6. The van der Waals surface area contributed by atoms with E-state index in [0.29, 0.717) is 11.1 Å². The van der Waals surface area contributed by atoms with Gasteiger partial charge < -0.3 is 10.8 Å². The van der Waals surface area contributed by atoms with Gasteiger partial charge in [-0.2, -0.15) is 0 Å². The quantitative estimate of drug-likeness (QED) is 0.744. The lowest BCUT2D eigenvalue weighted by Crippen LogP contribution is -2.19. The maximum Gasteiger partial charge on any atom is 0.142 e. The van der Waals surface area contributed by atoms with Gasteiger partial charge in [0, 0.05) is 12.4 Å². The third-order valence-electron chi connectivity index (χ3n) is 3.92. The Hall–Kier alpha value is -2.27. The Morgan fingerprint density at radius 3 is 2.33 bits per heavy atom. The highest BCUT2D eigenvalue weighted by atomic mass is 35.5. The van der Waals surface area contributed by atoms with E-state index in [1.165, 1.54) is 12.1 Å². The molecule has 3 rings (SSSR count). The molecule has 122 valence electrons. The molecule has 0 aliphatic heterocycles. The second-order valence-corrected chi connectivity index (χ2v) is 5.92. The van der Waals surface area contributed by atoms with Crippen molar-refractivity contribution >= 4 is 11.6 Å². The van der Waals surface area contributed by atoms with Crippen LogP contribution in [0.3, 0.4) is 0 Å². The van der Waals surface area contributed by atoms with E-state index in [1.54, 1.807) is 30.6 Å². The molecule has 0 spiro atoms. The number of halogens is 2. The van der Waals surface area contributed by atoms with Gasteiger partial charge in [-0.25, -0.2) is 4.39 Å². The second kappa shape index (κ2) is 7.09. The van der Waals surface area contributed by atoms with Gasteiger partial charge in [0.05, 0.1) is 17.2 Å². The van der Waals surface area contributed by atoms with Crippen LogP contribution >= 0.6 is 11.6 Å². The predicted octanol–water partition coefficient (Wildman–Crippen LogP) is 4.27. The Balaban J connectivity index is 1.81. The van der Waals surface area contributed by atoms with Crippen LogP contribution in [0.2, 0.25) is 5.02 Å². The largest absolute Gasteiger partial charge is 0.386 e. The molecule has 0 fully saturated rings. The first-order valence-corrected chi connectivity index (χ1v) is 7.83. The lowest BCUT2D eigenvalue weighted by molar-refractivity contribution is 0.147. The van der Waals surface area contributed by atoms with Crippen LogP contribution in [0, 0.1) is 5.82 Å². The average molecular weight is 343 g/mol. The summed E-state index contributed by atoms with van der Waals surface area (Å²) in [6, 6.07) is 14.8. The Labute approximate surface area is 144 Å². The summed E-state index contributed by atoms with van der Waals surface area (Å²) in [4.78, 5) is 4.09. The number of nitrogens with two attached hydrogens (primary N) is 1. The van der Waals surface area contributed by atoms with Crippen molar-refractivity contribution in [2.75, 3.05) is 0 Å². The zero-order valence-corrected chi connectivity index (χ0v) is 13.5. The molecule has 1 aromatic heterocycles. The van der Waals surface area contributed by atoms with Crippen LogP contribution < -0.4 is 5.73 Å². The van der Waals surface area contributed by atoms with Gasteiger partial charge in [0.2, 0.25) is 0 Å². The molecule has 0 saturated heterocycles. The van der Waals surface area contributed by atoms with Gasteiger partial charge in [-0.15, -0.1) is 0 Å². The zero-order chi connectivity index (χ0) is 17.1. The number of nitrogens with zero attached hydrogens (tertiary/aromatic N) is 1. The molecule has 24 heavy (non-hydrogen) atoms. The molecule has 0 aliphatic carbocycles. The van der Waals surface area contributed by atoms with E-state index in [0.717, 1.165) is 11.1 Å². The van der Waals surface area contributed by atoms with Gasteiger partial charge in [-0.1, -0.05) is 48.0 Å². The lowest BCUT2D eigenvalue weighted by Gasteiger charge is -2.20. The first-order valence-electron chi connectivity index (χ1n) is 7.45. The van der Waals surface area contributed by atoms with E-state index in [2.05, 4.69) is 4.98 Å². The zero-order valence-electron chi connectivity index (χ0n) is 12.7. The van der Waals surface area contributed by atoms with Crippen LogP contribution in [0.5, 0.6) is 0 Å². The first kappa shape index (κ1) is 16.6. The van der Waals surface area contributed by atoms with Crippen molar-refractivity contribution in [3.63, 3.8) is 0 Å². The highest BCUT2D eigenvalue weighted by Gasteiger charge is 2.20. The topological polar surface area (TPSA) is 59.1 Å². The predicted molar refractivity (Wildman–Crippen MR) is 93.0 cm³/mol. The monoisotopic (exact) mass is 342 g/mol.